The standard InChI is InChI=1S/C16H18N2O3S/c19-22(20)12-5-2-1-4-10(12)15(18-22)17-13-11-6-9-21-14(11)16(13)7-3-8-16/h1-2,4-5,11,13-14H,3,6-9H2,(H,17,18). The SMILES string of the molecule is O=S1(=O)NC(=NC2C3CCOC3C23CCC3)c2ccccc21. The van der Waals surface area contributed by atoms with Crippen molar-refractivity contribution in [2.24, 2.45) is 16.3 Å². The molecule has 1 aromatic carbocycles. The van der Waals surface area contributed by atoms with Crippen LogP contribution < -0.4 is 4.72 Å². The largest absolute Gasteiger partial charge is 0.377 e. The molecule has 2 heterocycles. The fourth-order valence-electron chi connectivity index (χ4n) is 4.76. The smallest absolute Gasteiger partial charge is 0.263 e. The molecule has 3 atom stereocenters. The van der Waals surface area contributed by atoms with Crippen molar-refractivity contribution >= 4 is 15.9 Å². The maximum absolute atomic E-state index is 12.2. The quantitative estimate of drug-likeness (QED) is 0.856. The molecule has 3 unspecified atom stereocenters. The van der Waals surface area contributed by atoms with Gasteiger partial charge in [0, 0.05) is 23.5 Å². The topological polar surface area (TPSA) is 67.8 Å². The van der Waals surface area contributed by atoms with E-state index in [1.807, 2.05) is 12.1 Å². The third-order valence-corrected chi connectivity index (χ3v) is 7.31. The monoisotopic (exact) mass is 318 g/mol. The van der Waals surface area contributed by atoms with Gasteiger partial charge in [-0.25, -0.2) is 8.42 Å². The second kappa shape index (κ2) is 4.11. The molecule has 6 heteroatoms. The minimum Gasteiger partial charge on any atom is -0.377 e. The number of nitrogens with zero attached hydrogens (tertiary/aromatic N) is 1. The molecule has 2 aliphatic carbocycles. The Morgan fingerprint density at radius 1 is 1.27 bits per heavy atom. The minimum atomic E-state index is -3.44. The molecule has 5 nitrogen and oxygen atoms in total. The van der Waals surface area contributed by atoms with Crippen LogP contribution in [0, 0.1) is 11.3 Å². The van der Waals surface area contributed by atoms with Gasteiger partial charge in [-0.1, -0.05) is 18.6 Å². The number of sulfonamides is 1. The average molecular weight is 318 g/mol. The van der Waals surface area contributed by atoms with Crippen LogP contribution in [0.15, 0.2) is 34.2 Å². The van der Waals surface area contributed by atoms with Gasteiger partial charge in [-0.15, -0.1) is 0 Å². The number of nitrogens with one attached hydrogen (secondary N) is 1. The van der Waals surface area contributed by atoms with E-state index >= 15 is 0 Å². The highest BCUT2D eigenvalue weighted by Gasteiger charge is 2.67. The Bertz CT molecular complexity index is 782. The Kier molecular flexibility index (Phi) is 2.45. The molecule has 0 amide bonds. The lowest BCUT2D eigenvalue weighted by Crippen LogP contribution is -2.65. The first-order valence-electron chi connectivity index (χ1n) is 7.93. The number of hydrogen-bond donors (Lipinski definition) is 1. The Labute approximate surface area is 129 Å². The molecule has 1 saturated heterocycles. The highest BCUT2D eigenvalue weighted by atomic mass is 32.2. The first-order chi connectivity index (χ1) is 10.6. The fraction of sp³-hybridized carbons (Fsp3) is 0.562. The normalized spacial score (nSPS) is 38.0. The van der Waals surface area contributed by atoms with Crippen molar-refractivity contribution in [3.05, 3.63) is 29.8 Å². The lowest BCUT2D eigenvalue weighted by molar-refractivity contribution is -0.164. The van der Waals surface area contributed by atoms with Gasteiger partial charge in [-0.05, 0) is 31.4 Å². The van der Waals surface area contributed by atoms with Crippen molar-refractivity contribution in [1.82, 2.24) is 4.72 Å². The summed E-state index contributed by atoms with van der Waals surface area (Å²) in [6.07, 6.45) is 4.94. The van der Waals surface area contributed by atoms with Crippen molar-refractivity contribution in [3.63, 3.8) is 0 Å². The summed E-state index contributed by atoms with van der Waals surface area (Å²) >= 11 is 0. The third kappa shape index (κ3) is 1.47. The number of ether oxygens (including phenoxy) is 1. The van der Waals surface area contributed by atoms with E-state index in [1.165, 1.54) is 6.42 Å². The molecule has 5 rings (SSSR count). The van der Waals surface area contributed by atoms with Gasteiger partial charge in [0.2, 0.25) is 0 Å². The van der Waals surface area contributed by atoms with Crippen LogP contribution in [0.2, 0.25) is 0 Å². The molecule has 22 heavy (non-hydrogen) atoms. The fourth-order valence-corrected chi connectivity index (χ4v) is 6.00. The molecular formula is C16H18N2O3S. The number of rotatable bonds is 1. The molecule has 1 N–H and O–H groups in total. The highest BCUT2D eigenvalue weighted by molar-refractivity contribution is 7.90. The van der Waals surface area contributed by atoms with Gasteiger partial charge in [0.05, 0.1) is 17.0 Å². The molecule has 0 radical (unpaired) electrons. The summed E-state index contributed by atoms with van der Waals surface area (Å²) in [7, 11) is -3.44. The lowest BCUT2D eigenvalue weighted by atomic mass is 9.46. The zero-order valence-electron chi connectivity index (χ0n) is 12.2. The van der Waals surface area contributed by atoms with E-state index in [9.17, 15) is 8.42 Å². The predicted octanol–water partition coefficient (Wildman–Crippen LogP) is 1.68. The Morgan fingerprint density at radius 2 is 2.09 bits per heavy atom. The minimum absolute atomic E-state index is 0.178. The number of aliphatic imine (C=N–C) groups is 1. The van der Waals surface area contributed by atoms with Crippen LogP contribution in [0.3, 0.4) is 0 Å². The van der Waals surface area contributed by atoms with E-state index in [4.69, 9.17) is 9.73 Å². The van der Waals surface area contributed by atoms with Gasteiger partial charge in [-0.2, -0.15) is 0 Å². The average Bonchev–Trinajstić information content (AvgIpc) is 2.96. The summed E-state index contributed by atoms with van der Waals surface area (Å²) in [5, 5.41) is 0. The summed E-state index contributed by atoms with van der Waals surface area (Å²) in [5.74, 6) is 0.988. The zero-order chi connectivity index (χ0) is 14.9. The van der Waals surface area contributed by atoms with Crippen LogP contribution in [-0.4, -0.2) is 33.0 Å². The van der Waals surface area contributed by atoms with E-state index in [0.717, 1.165) is 25.9 Å². The van der Waals surface area contributed by atoms with Gasteiger partial charge < -0.3 is 4.74 Å². The Balaban J connectivity index is 1.57. The summed E-state index contributed by atoms with van der Waals surface area (Å²) < 4.78 is 33.0. The number of amidine groups is 1. The van der Waals surface area contributed by atoms with E-state index in [2.05, 4.69) is 4.72 Å². The predicted molar refractivity (Wildman–Crippen MR) is 81.2 cm³/mol. The van der Waals surface area contributed by atoms with Crippen LogP contribution in [-0.2, 0) is 14.8 Å². The molecule has 0 bridgehead atoms. The van der Waals surface area contributed by atoms with Crippen molar-refractivity contribution in [2.45, 2.75) is 42.7 Å². The maximum Gasteiger partial charge on any atom is 0.263 e. The van der Waals surface area contributed by atoms with Crippen LogP contribution in [0.4, 0.5) is 0 Å². The van der Waals surface area contributed by atoms with Crippen molar-refractivity contribution in [2.75, 3.05) is 6.61 Å². The summed E-state index contributed by atoms with van der Waals surface area (Å²) in [5.41, 5.74) is 0.885. The molecule has 3 fully saturated rings. The summed E-state index contributed by atoms with van der Waals surface area (Å²) in [6.45, 7) is 0.820. The van der Waals surface area contributed by atoms with E-state index in [1.54, 1.807) is 12.1 Å². The van der Waals surface area contributed by atoms with Gasteiger partial charge >= 0.3 is 0 Å². The van der Waals surface area contributed by atoms with Gasteiger partial charge in [0.25, 0.3) is 10.0 Å². The summed E-state index contributed by atoms with van der Waals surface area (Å²) in [6, 6.07) is 7.29. The Hall–Kier alpha value is -1.40. The van der Waals surface area contributed by atoms with E-state index < -0.39 is 10.0 Å². The van der Waals surface area contributed by atoms with Gasteiger partial charge in [0.1, 0.15) is 5.84 Å². The first kappa shape index (κ1) is 13.1. The number of benzene rings is 1. The highest BCUT2D eigenvalue weighted by Crippen LogP contribution is 2.64. The maximum atomic E-state index is 12.2. The van der Waals surface area contributed by atoms with Gasteiger partial charge in [-0.3, -0.25) is 9.71 Å². The van der Waals surface area contributed by atoms with Gasteiger partial charge in [0.15, 0.2) is 0 Å². The third-order valence-electron chi connectivity index (χ3n) is 5.91. The molecule has 0 aromatic heterocycles. The van der Waals surface area contributed by atoms with E-state index in [-0.39, 0.29) is 11.5 Å². The zero-order valence-corrected chi connectivity index (χ0v) is 13.0. The van der Waals surface area contributed by atoms with Crippen LogP contribution in [0.1, 0.15) is 31.2 Å². The number of hydrogen-bond acceptors (Lipinski definition) is 4. The van der Waals surface area contributed by atoms with Crippen molar-refractivity contribution in [1.29, 1.82) is 0 Å². The molecule has 1 spiro atoms. The number of fused-ring (bicyclic) bond motifs is 3. The Morgan fingerprint density at radius 3 is 2.86 bits per heavy atom. The molecule has 2 aliphatic heterocycles. The molecule has 2 saturated carbocycles. The van der Waals surface area contributed by atoms with Crippen LogP contribution in [0.25, 0.3) is 0 Å². The second-order valence-electron chi connectivity index (χ2n) is 6.85. The molecule has 116 valence electrons. The first-order valence-corrected chi connectivity index (χ1v) is 9.42. The lowest BCUT2D eigenvalue weighted by Gasteiger charge is -2.61. The van der Waals surface area contributed by atoms with Crippen molar-refractivity contribution < 1.29 is 13.2 Å². The molecule has 4 aliphatic rings. The van der Waals surface area contributed by atoms with Crippen LogP contribution >= 0.6 is 0 Å². The summed E-state index contributed by atoms with van der Waals surface area (Å²) in [4.78, 5) is 5.23. The molecular weight excluding hydrogens is 300 g/mol. The second-order valence-corrected chi connectivity index (χ2v) is 8.51. The molecule has 1 aromatic rings. The van der Waals surface area contributed by atoms with E-state index in [0.29, 0.717) is 28.3 Å². The van der Waals surface area contributed by atoms with Crippen molar-refractivity contribution in [3.8, 4) is 0 Å². The van der Waals surface area contributed by atoms with Crippen LogP contribution in [0.5, 0.6) is 0 Å².